The van der Waals surface area contributed by atoms with Crippen LogP contribution in [0.1, 0.15) is 32.3 Å². The van der Waals surface area contributed by atoms with Crippen LogP contribution >= 0.6 is 0 Å². The number of nitrogens with one attached hydrogen (secondary N) is 2. The van der Waals surface area contributed by atoms with Crippen molar-refractivity contribution < 1.29 is 14.1 Å². The lowest BCUT2D eigenvalue weighted by Crippen LogP contribution is -2.18. The second-order valence-electron chi connectivity index (χ2n) is 5.37. The first kappa shape index (κ1) is 16.4. The molecule has 2 heterocycles. The van der Waals surface area contributed by atoms with Crippen molar-refractivity contribution in [1.82, 2.24) is 10.1 Å². The molecule has 7 nitrogen and oxygen atoms in total. The third-order valence-corrected chi connectivity index (χ3v) is 3.58. The highest BCUT2D eigenvalue weighted by atomic mass is 16.5. The molecule has 25 heavy (non-hydrogen) atoms. The number of aryl methyl sites for hydroxylation is 2. The molecule has 0 aliphatic rings. The van der Waals surface area contributed by atoms with Crippen LogP contribution in [0.3, 0.4) is 0 Å². The molecule has 0 aliphatic heterocycles. The van der Waals surface area contributed by atoms with Gasteiger partial charge in [-0.05, 0) is 38.1 Å². The van der Waals surface area contributed by atoms with E-state index >= 15 is 0 Å². The lowest BCUT2D eigenvalue weighted by Gasteiger charge is -2.12. The maximum atomic E-state index is 12.5. The molecule has 7 heteroatoms. The minimum absolute atomic E-state index is 0.286. The molecule has 0 bridgehead atoms. The average molecular weight is 336 g/mol. The number of rotatable bonds is 4. The maximum absolute atomic E-state index is 12.5. The average Bonchev–Trinajstić information content (AvgIpc) is 2.96. The number of benzene rings is 1. The lowest BCUT2D eigenvalue weighted by atomic mass is 10.2. The molecule has 0 fully saturated rings. The summed E-state index contributed by atoms with van der Waals surface area (Å²) in [6.07, 6.45) is 1.54. The predicted octanol–water partition coefficient (Wildman–Crippen LogP) is 3.19. The van der Waals surface area contributed by atoms with Crippen LogP contribution in [0.4, 0.5) is 11.4 Å². The van der Waals surface area contributed by atoms with Crippen LogP contribution in [-0.2, 0) is 0 Å². The summed E-state index contributed by atoms with van der Waals surface area (Å²) in [6, 6.07) is 12.0. The molecule has 126 valence electrons. The molecular weight excluding hydrogens is 320 g/mol. The van der Waals surface area contributed by atoms with Crippen LogP contribution in [0.25, 0.3) is 0 Å². The molecule has 0 spiro atoms. The van der Waals surface area contributed by atoms with E-state index in [4.69, 9.17) is 4.52 Å². The summed E-state index contributed by atoms with van der Waals surface area (Å²) >= 11 is 0. The summed E-state index contributed by atoms with van der Waals surface area (Å²) in [6.45, 7) is 3.36. The maximum Gasteiger partial charge on any atom is 0.274 e. The number of amides is 2. The number of hydrogen-bond donors (Lipinski definition) is 2. The van der Waals surface area contributed by atoms with Crippen molar-refractivity contribution in [2.45, 2.75) is 13.8 Å². The Morgan fingerprint density at radius 1 is 0.920 bits per heavy atom. The third kappa shape index (κ3) is 3.55. The summed E-state index contributed by atoms with van der Waals surface area (Å²) in [5, 5.41) is 9.30. The minimum atomic E-state index is -0.361. The van der Waals surface area contributed by atoms with E-state index in [9.17, 15) is 9.59 Å². The molecule has 1 aromatic carbocycles. The standard InChI is InChI=1S/C18H16N4O3/c1-11-16(12(2)25-22-11)18(24)21-14-8-4-3-7-13(14)20-17(23)15-9-5-6-10-19-15/h3-10H,1-2H3,(H,20,23)(H,21,24). The minimum Gasteiger partial charge on any atom is -0.361 e. The van der Waals surface area contributed by atoms with Crippen molar-refractivity contribution in [3.8, 4) is 0 Å². The van der Waals surface area contributed by atoms with Crippen molar-refractivity contribution >= 4 is 23.2 Å². The highest BCUT2D eigenvalue weighted by Gasteiger charge is 2.19. The van der Waals surface area contributed by atoms with E-state index in [1.54, 1.807) is 62.5 Å². The molecule has 2 N–H and O–H groups in total. The number of nitrogens with zero attached hydrogens (tertiary/aromatic N) is 2. The topological polar surface area (TPSA) is 97.1 Å². The van der Waals surface area contributed by atoms with Gasteiger partial charge in [0.1, 0.15) is 17.0 Å². The number of carbonyl (C=O) groups excluding carboxylic acids is 2. The molecule has 0 atom stereocenters. The first-order valence-electron chi connectivity index (χ1n) is 7.62. The van der Waals surface area contributed by atoms with Gasteiger partial charge in [0.05, 0.1) is 17.1 Å². The molecule has 2 amide bonds. The molecular formula is C18H16N4O3. The van der Waals surface area contributed by atoms with Gasteiger partial charge in [0.2, 0.25) is 0 Å². The zero-order valence-corrected chi connectivity index (χ0v) is 13.7. The van der Waals surface area contributed by atoms with Crippen LogP contribution in [0, 0.1) is 13.8 Å². The second-order valence-corrected chi connectivity index (χ2v) is 5.37. The van der Waals surface area contributed by atoms with E-state index in [1.807, 2.05) is 0 Å². The van der Waals surface area contributed by atoms with Gasteiger partial charge in [0.25, 0.3) is 11.8 Å². The summed E-state index contributed by atoms with van der Waals surface area (Å²) in [5.41, 5.74) is 2.11. The first-order valence-corrected chi connectivity index (χ1v) is 7.62. The monoisotopic (exact) mass is 336 g/mol. The Morgan fingerprint density at radius 3 is 2.12 bits per heavy atom. The smallest absolute Gasteiger partial charge is 0.274 e. The number of pyridine rings is 1. The molecule has 3 rings (SSSR count). The molecule has 0 unspecified atom stereocenters. The Morgan fingerprint density at radius 2 is 1.56 bits per heavy atom. The number of aromatic nitrogens is 2. The van der Waals surface area contributed by atoms with Gasteiger partial charge in [-0.2, -0.15) is 0 Å². The Bertz CT molecular complexity index is 900. The van der Waals surface area contributed by atoms with E-state index in [1.165, 1.54) is 0 Å². The van der Waals surface area contributed by atoms with Crippen molar-refractivity contribution in [3.05, 3.63) is 71.4 Å². The van der Waals surface area contributed by atoms with Gasteiger partial charge in [-0.15, -0.1) is 0 Å². The number of anilines is 2. The number of carbonyl (C=O) groups is 2. The van der Waals surface area contributed by atoms with E-state index in [0.717, 1.165) is 0 Å². The van der Waals surface area contributed by atoms with Gasteiger partial charge in [-0.1, -0.05) is 23.4 Å². The van der Waals surface area contributed by atoms with Crippen molar-refractivity contribution in [2.24, 2.45) is 0 Å². The molecule has 0 radical (unpaired) electrons. The van der Waals surface area contributed by atoms with E-state index in [0.29, 0.717) is 28.4 Å². The van der Waals surface area contributed by atoms with Crippen LogP contribution in [0.5, 0.6) is 0 Å². The van der Waals surface area contributed by atoms with Gasteiger partial charge < -0.3 is 15.2 Å². The Balaban J connectivity index is 1.82. The summed E-state index contributed by atoms with van der Waals surface area (Å²) in [4.78, 5) is 28.8. The van der Waals surface area contributed by atoms with Gasteiger partial charge in [-0.25, -0.2) is 0 Å². The molecule has 0 saturated heterocycles. The SMILES string of the molecule is Cc1noc(C)c1C(=O)Nc1ccccc1NC(=O)c1ccccn1. The molecule has 0 saturated carbocycles. The fraction of sp³-hybridized carbons (Fsp3) is 0.111. The number of hydrogen-bond acceptors (Lipinski definition) is 5. The van der Waals surface area contributed by atoms with Crippen molar-refractivity contribution in [3.63, 3.8) is 0 Å². The fourth-order valence-corrected chi connectivity index (χ4v) is 2.38. The molecule has 2 aromatic heterocycles. The van der Waals surface area contributed by atoms with Gasteiger partial charge in [0, 0.05) is 6.20 Å². The quantitative estimate of drug-likeness (QED) is 0.762. The van der Waals surface area contributed by atoms with Crippen LogP contribution in [0.2, 0.25) is 0 Å². The fourth-order valence-electron chi connectivity index (χ4n) is 2.38. The largest absolute Gasteiger partial charge is 0.361 e. The molecule has 0 aliphatic carbocycles. The van der Waals surface area contributed by atoms with E-state index < -0.39 is 0 Å². The van der Waals surface area contributed by atoms with Crippen LogP contribution in [-0.4, -0.2) is 22.0 Å². The highest BCUT2D eigenvalue weighted by Crippen LogP contribution is 2.23. The van der Waals surface area contributed by atoms with Crippen molar-refractivity contribution in [2.75, 3.05) is 10.6 Å². The van der Waals surface area contributed by atoms with Crippen LogP contribution in [0.15, 0.2) is 53.2 Å². The predicted molar refractivity (Wildman–Crippen MR) is 92.6 cm³/mol. The first-order chi connectivity index (χ1) is 12.1. The van der Waals surface area contributed by atoms with Crippen molar-refractivity contribution in [1.29, 1.82) is 0 Å². The Kier molecular flexibility index (Phi) is 4.56. The normalized spacial score (nSPS) is 10.3. The van der Waals surface area contributed by atoms with Gasteiger partial charge in [0.15, 0.2) is 0 Å². The molecule has 3 aromatic rings. The van der Waals surface area contributed by atoms with E-state index in [2.05, 4.69) is 20.8 Å². The van der Waals surface area contributed by atoms with Gasteiger partial charge >= 0.3 is 0 Å². The van der Waals surface area contributed by atoms with E-state index in [-0.39, 0.29) is 17.5 Å². The highest BCUT2D eigenvalue weighted by molar-refractivity contribution is 6.10. The summed E-state index contributed by atoms with van der Waals surface area (Å²) in [7, 11) is 0. The summed E-state index contributed by atoms with van der Waals surface area (Å²) in [5.74, 6) is -0.277. The third-order valence-electron chi connectivity index (χ3n) is 3.58. The lowest BCUT2D eigenvalue weighted by molar-refractivity contribution is 0.101. The Hall–Kier alpha value is -3.48. The second kappa shape index (κ2) is 6.96. The Labute approximate surface area is 144 Å². The summed E-state index contributed by atoms with van der Waals surface area (Å²) < 4.78 is 5.02. The van der Waals surface area contributed by atoms with Crippen LogP contribution < -0.4 is 10.6 Å². The number of para-hydroxylation sites is 2. The zero-order chi connectivity index (χ0) is 17.8. The van der Waals surface area contributed by atoms with Gasteiger partial charge in [-0.3, -0.25) is 14.6 Å². The zero-order valence-electron chi connectivity index (χ0n) is 13.7.